The fraction of sp³-hybridized carbons (Fsp3) is 0.143. The Labute approximate surface area is 121 Å². The molecule has 0 aliphatic rings. The fourth-order valence-corrected chi connectivity index (χ4v) is 2.64. The molecule has 0 radical (unpaired) electrons. The molecule has 0 spiro atoms. The van der Waals surface area contributed by atoms with E-state index in [4.69, 9.17) is 4.74 Å². The van der Waals surface area contributed by atoms with E-state index in [1.54, 1.807) is 37.4 Å². The molecule has 0 aromatic heterocycles. The van der Waals surface area contributed by atoms with Crippen molar-refractivity contribution in [3.05, 3.63) is 53.8 Å². The van der Waals surface area contributed by atoms with Gasteiger partial charge >= 0.3 is 7.12 Å². The maximum absolute atomic E-state index is 12.8. The van der Waals surface area contributed by atoms with E-state index in [1.165, 1.54) is 23.9 Å². The van der Waals surface area contributed by atoms with Gasteiger partial charge in [0.25, 0.3) is 0 Å². The van der Waals surface area contributed by atoms with Crippen molar-refractivity contribution in [3.8, 4) is 5.75 Å². The summed E-state index contributed by atoms with van der Waals surface area (Å²) in [5.74, 6) is 1.01. The van der Waals surface area contributed by atoms with Crippen LogP contribution in [-0.4, -0.2) is 24.3 Å². The smallest absolute Gasteiger partial charge is 0.488 e. The van der Waals surface area contributed by atoms with Crippen molar-refractivity contribution in [3.63, 3.8) is 0 Å². The summed E-state index contributed by atoms with van der Waals surface area (Å²) in [6.07, 6.45) is 0. The number of methoxy groups -OCH3 is 1. The maximum atomic E-state index is 12.8. The summed E-state index contributed by atoms with van der Waals surface area (Å²) in [7, 11) is 0.0617. The molecule has 0 atom stereocenters. The first-order valence-corrected chi connectivity index (χ1v) is 7.00. The third-order valence-corrected chi connectivity index (χ3v) is 3.87. The highest BCUT2D eigenvalue weighted by Gasteiger charge is 2.14. The lowest BCUT2D eigenvalue weighted by molar-refractivity contribution is 0.410. The van der Waals surface area contributed by atoms with Crippen LogP contribution in [0.25, 0.3) is 0 Å². The van der Waals surface area contributed by atoms with Crippen molar-refractivity contribution >= 4 is 24.3 Å². The van der Waals surface area contributed by atoms with Crippen molar-refractivity contribution in [2.75, 3.05) is 7.11 Å². The minimum absolute atomic E-state index is 0.266. The largest absolute Gasteiger partial charge is 0.496 e. The van der Waals surface area contributed by atoms with Gasteiger partial charge in [0.05, 0.1) is 7.11 Å². The second-order valence-electron chi connectivity index (χ2n) is 4.19. The van der Waals surface area contributed by atoms with Crippen LogP contribution in [0, 0.1) is 5.82 Å². The Bertz CT molecular complexity index is 575. The predicted octanol–water partition coefficient (Wildman–Crippen LogP) is 1.81. The number of benzene rings is 2. The molecule has 0 amide bonds. The van der Waals surface area contributed by atoms with Gasteiger partial charge < -0.3 is 14.8 Å². The minimum atomic E-state index is -1.50. The van der Waals surface area contributed by atoms with Gasteiger partial charge in [-0.25, -0.2) is 4.39 Å². The van der Waals surface area contributed by atoms with E-state index in [0.29, 0.717) is 17.0 Å². The first-order valence-electron chi connectivity index (χ1n) is 6.01. The van der Waals surface area contributed by atoms with E-state index in [0.717, 1.165) is 10.5 Å². The van der Waals surface area contributed by atoms with E-state index >= 15 is 0 Å². The van der Waals surface area contributed by atoms with Crippen LogP contribution >= 0.6 is 11.8 Å². The molecular weight excluding hydrogens is 278 g/mol. The Morgan fingerprint density at radius 1 is 1.15 bits per heavy atom. The lowest BCUT2D eigenvalue weighted by atomic mass is 9.79. The van der Waals surface area contributed by atoms with Crippen molar-refractivity contribution in [1.82, 2.24) is 0 Å². The van der Waals surface area contributed by atoms with Gasteiger partial charge in [-0.3, -0.25) is 0 Å². The molecule has 0 fully saturated rings. The molecule has 0 unspecified atom stereocenters. The molecule has 2 aromatic carbocycles. The Balaban J connectivity index is 2.14. The summed E-state index contributed by atoms with van der Waals surface area (Å²) in [5, 5.41) is 18.4. The average Bonchev–Trinajstić information content (AvgIpc) is 2.46. The lowest BCUT2D eigenvalue weighted by Gasteiger charge is -2.10. The number of halogens is 1. The van der Waals surface area contributed by atoms with E-state index in [-0.39, 0.29) is 5.82 Å². The van der Waals surface area contributed by atoms with Gasteiger partial charge in [0.2, 0.25) is 0 Å². The molecule has 2 rings (SSSR count). The molecule has 0 saturated heterocycles. The van der Waals surface area contributed by atoms with E-state index in [2.05, 4.69) is 0 Å². The number of thioether (sulfide) groups is 1. The Morgan fingerprint density at radius 2 is 1.85 bits per heavy atom. The molecule has 0 saturated carbocycles. The molecule has 104 valence electrons. The minimum Gasteiger partial charge on any atom is -0.496 e. The number of hydrogen-bond donors (Lipinski definition) is 2. The van der Waals surface area contributed by atoms with Crippen LogP contribution in [0.3, 0.4) is 0 Å². The van der Waals surface area contributed by atoms with Gasteiger partial charge in [-0.15, -0.1) is 11.8 Å². The summed E-state index contributed by atoms with van der Waals surface area (Å²) in [6, 6.07) is 11.2. The first-order chi connectivity index (χ1) is 9.60. The van der Waals surface area contributed by atoms with Crippen molar-refractivity contribution in [2.45, 2.75) is 10.6 Å². The van der Waals surface area contributed by atoms with Gasteiger partial charge in [-0.2, -0.15) is 0 Å². The summed E-state index contributed by atoms with van der Waals surface area (Å²) in [5.41, 5.74) is 1.27. The third kappa shape index (κ3) is 3.76. The number of rotatable bonds is 5. The highest BCUT2D eigenvalue weighted by molar-refractivity contribution is 7.98. The summed E-state index contributed by atoms with van der Waals surface area (Å²) in [6.45, 7) is 0. The Hall–Kier alpha value is -1.50. The zero-order valence-corrected chi connectivity index (χ0v) is 11.7. The summed E-state index contributed by atoms with van der Waals surface area (Å²) >= 11 is 1.52. The second kappa shape index (κ2) is 6.79. The van der Waals surface area contributed by atoms with Crippen LogP contribution in [0.4, 0.5) is 4.39 Å². The first kappa shape index (κ1) is 14.9. The average molecular weight is 292 g/mol. The van der Waals surface area contributed by atoms with Gasteiger partial charge in [-0.1, -0.05) is 12.1 Å². The standard InChI is InChI=1S/C14H14BFO3S/c1-19-14-7-2-11(15(17)18)8-10(14)9-20-13-5-3-12(16)4-6-13/h2-8,17-18H,9H2,1H3. The zero-order chi connectivity index (χ0) is 14.5. The molecule has 2 N–H and O–H groups in total. The van der Waals surface area contributed by atoms with Crippen molar-refractivity contribution < 1.29 is 19.2 Å². The van der Waals surface area contributed by atoms with E-state index in [1.807, 2.05) is 0 Å². The monoisotopic (exact) mass is 292 g/mol. The molecule has 20 heavy (non-hydrogen) atoms. The van der Waals surface area contributed by atoms with Crippen LogP contribution in [0.2, 0.25) is 0 Å². The second-order valence-corrected chi connectivity index (χ2v) is 5.24. The highest BCUT2D eigenvalue weighted by atomic mass is 32.2. The van der Waals surface area contributed by atoms with Crippen LogP contribution < -0.4 is 10.2 Å². The molecule has 0 heterocycles. The SMILES string of the molecule is COc1ccc(B(O)O)cc1CSc1ccc(F)cc1. The zero-order valence-electron chi connectivity index (χ0n) is 10.9. The molecule has 0 bridgehead atoms. The van der Waals surface area contributed by atoms with Crippen LogP contribution in [-0.2, 0) is 5.75 Å². The molecule has 6 heteroatoms. The quantitative estimate of drug-likeness (QED) is 0.652. The molecule has 3 nitrogen and oxygen atoms in total. The summed E-state index contributed by atoms with van der Waals surface area (Å²) in [4.78, 5) is 0.934. The maximum Gasteiger partial charge on any atom is 0.488 e. The molecule has 0 aliphatic heterocycles. The number of hydrogen-bond acceptors (Lipinski definition) is 4. The normalized spacial score (nSPS) is 10.4. The number of ether oxygens (including phenoxy) is 1. The van der Waals surface area contributed by atoms with Crippen LogP contribution in [0.1, 0.15) is 5.56 Å². The van der Waals surface area contributed by atoms with Gasteiger partial charge in [0, 0.05) is 16.2 Å². The Morgan fingerprint density at radius 3 is 2.45 bits per heavy atom. The predicted molar refractivity (Wildman–Crippen MR) is 78.8 cm³/mol. The lowest BCUT2D eigenvalue weighted by Crippen LogP contribution is -2.30. The van der Waals surface area contributed by atoms with E-state index < -0.39 is 7.12 Å². The fourth-order valence-electron chi connectivity index (χ4n) is 1.76. The topological polar surface area (TPSA) is 49.7 Å². The summed E-state index contributed by atoms with van der Waals surface area (Å²) < 4.78 is 18.1. The van der Waals surface area contributed by atoms with Gasteiger partial charge in [0.15, 0.2) is 0 Å². The van der Waals surface area contributed by atoms with Crippen LogP contribution in [0.15, 0.2) is 47.4 Å². The molecule has 0 aliphatic carbocycles. The highest BCUT2D eigenvalue weighted by Crippen LogP contribution is 2.27. The molecular formula is C14H14BFO3S. The van der Waals surface area contributed by atoms with Gasteiger partial charge in [0.1, 0.15) is 11.6 Å². The molecule has 2 aromatic rings. The van der Waals surface area contributed by atoms with E-state index in [9.17, 15) is 14.4 Å². The van der Waals surface area contributed by atoms with Crippen molar-refractivity contribution in [2.24, 2.45) is 0 Å². The van der Waals surface area contributed by atoms with Gasteiger partial charge in [-0.05, 0) is 35.8 Å². The Kier molecular flexibility index (Phi) is 5.06. The third-order valence-electron chi connectivity index (χ3n) is 2.81. The van der Waals surface area contributed by atoms with Crippen LogP contribution in [0.5, 0.6) is 5.75 Å². The van der Waals surface area contributed by atoms with Crippen molar-refractivity contribution in [1.29, 1.82) is 0 Å².